The van der Waals surface area contributed by atoms with Crippen LogP contribution in [-0.2, 0) is 6.42 Å². The smallest absolute Gasteiger partial charge is 0.170 e. The van der Waals surface area contributed by atoms with Gasteiger partial charge in [-0.2, -0.15) is 0 Å². The van der Waals surface area contributed by atoms with Crippen LogP contribution in [0.3, 0.4) is 0 Å². The van der Waals surface area contributed by atoms with Crippen LogP contribution >= 0.6 is 12.2 Å². The number of benzene rings is 2. The Labute approximate surface area is 137 Å². The maximum absolute atomic E-state index is 5.30. The normalized spacial score (nSPS) is 10.1. The Bertz CT molecular complexity index is 611. The summed E-state index contributed by atoms with van der Waals surface area (Å²) in [6.45, 7) is 2.96. The quantitative estimate of drug-likeness (QED) is 0.625. The maximum Gasteiger partial charge on any atom is 0.170 e. The van der Waals surface area contributed by atoms with Gasteiger partial charge in [0.05, 0.1) is 7.11 Å². The maximum atomic E-state index is 5.30. The lowest BCUT2D eigenvalue weighted by molar-refractivity contribution is 0.415. The van der Waals surface area contributed by atoms with Crippen molar-refractivity contribution < 1.29 is 4.74 Å². The predicted molar refractivity (Wildman–Crippen MR) is 96.7 cm³/mol. The molecule has 2 N–H and O–H groups in total. The van der Waals surface area contributed by atoms with Crippen molar-refractivity contribution in [1.82, 2.24) is 5.32 Å². The summed E-state index contributed by atoms with van der Waals surface area (Å²) in [6, 6.07) is 16.4. The van der Waals surface area contributed by atoms with E-state index < -0.39 is 0 Å². The Kier molecular flexibility index (Phi) is 6.22. The molecule has 0 aliphatic rings. The molecule has 2 rings (SSSR count). The zero-order valence-corrected chi connectivity index (χ0v) is 13.9. The highest BCUT2D eigenvalue weighted by Gasteiger charge is 1.99. The van der Waals surface area contributed by atoms with Gasteiger partial charge in [-0.1, -0.05) is 35.9 Å². The molecule has 0 saturated carbocycles. The van der Waals surface area contributed by atoms with E-state index in [-0.39, 0.29) is 0 Å². The first-order valence-electron chi connectivity index (χ1n) is 7.42. The predicted octanol–water partition coefficient (Wildman–Crippen LogP) is 3.92. The van der Waals surface area contributed by atoms with Gasteiger partial charge in [0.25, 0.3) is 0 Å². The molecule has 22 heavy (non-hydrogen) atoms. The van der Waals surface area contributed by atoms with Gasteiger partial charge in [0.15, 0.2) is 5.11 Å². The number of nitrogens with one attached hydrogen (secondary N) is 2. The van der Waals surface area contributed by atoms with Crippen molar-refractivity contribution in [2.45, 2.75) is 19.8 Å². The van der Waals surface area contributed by atoms with E-state index in [0.29, 0.717) is 5.11 Å². The molecule has 0 atom stereocenters. The first kappa shape index (κ1) is 16.3. The van der Waals surface area contributed by atoms with Gasteiger partial charge in [0, 0.05) is 18.3 Å². The molecule has 3 nitrogen and oxygen atoms in total. The molecule has 0 saturated heterocycles. The number of methoxy groups -OCH3 is 1. The SMILES string of the molecule is COc1cccc(NC(=S)NCCCc2ccc(C)cc2)c1. The lowest BCUT2D eigenvalue weighted by atomic mass is 10.1. The van der Waals surface area contributed by atoms with Crippen LogP contribution < -0.4 is 15.4 Å². The molecule has 0 aliphatic heterocycles. The van der Waals surface area contributed by atoms with E-state index in [1.54, 1.807) is 7.11 Å². The molecule has 0 aliphatic carbocycles. The standard InChI is InChI=1S/C18H22N2OS/c1-14-8-10-15(11-9-14)5-4-12-19-18(22)20-16-6-3-7-17(13-16)21-2/h3,6-11,13H,4-5,12H2,1-2H3,(H2,19,20,22). The fourth-order valence-corrected chi connectivity index (χ4v) is 2.35. The van der Waals surface area contributed by atoms with Gasteiger partial charge < -0.3 is 15.4 Å². The average molecular weight is 314 g/mol. The van der Waals surface area contributed by atoms with Crippen molar-refractivity contribution in [3.05, 3.63) is 59.7 Å². The molecule has 0 heterocycles. The third kappa shape index (κ3) is 5.37. The lowest BCUT2D eigenvalue weighted by Crippen LogP contribution is -2.29. The minimum atomic E-state index is 0.636. The van der Waals surface area contributed by atoms with Crippen molar-refractivity contribution in [2.24, 2.45) is 0 Å². The molecular formula is C18H22N2OS. The first-order valence-corrected chi connectivity index (χ1v) is 7.82. The van der Waals surface area contributed by atoms with Gasteiger partial charge in [-0.05, 0) is 49.7 Å². The minimum Gasteiger partial charge on any atom is -0.497 e. The largest absolute Gasteiger partial charge is 0.497 e. The second-order valence-electron chi connectivity index (χ2n) is 5.20. The monoisotopic (exact) mass is 314 g/mol. The Morgan fingerprint density at radius 2 is 1.91 bits per heavy atom. The first-order chi connectivity index (χ1) is 10.7. The third-order valence-corrected chi connectivity index (χ3v) is 3.62. The van der Waals surface area contributed by atoms with Gasteiger partial charge in [0.2, 0.25) is 0 Å². The fourth-order valence-electron chi connectivity index (χ4n) is 2.13. The van der Waals surface area contributed by atoms with Crippen LogP contribution in [0.25, 0.3) is 0 Å². The van der Waals surface area contributed by atoms with E-state index in [1.807, 2.05) is 24.3 Å². The molecule has 2 aromatic carbocycles. The summed E-state index contributed by atoms with van der Waals surface area (Å²) in [5.74, 6) is 0.812. The topological polar surface area (TPSA) is 33.3 Å². The van der Waals surface area contributed by atoms with Crippen molar-refractivity contribution in [2.75, 3.05) is 19.0 Å². The molecule has 0 amide bonds. The summed E-state index contributed by atoms with van der Waals surface area (Å²) >= 11 is 5.30. The van der Waals surface area contributed by atoms with Gasteiger partial charge in [-0.3, -0.25) is 0 Å². The summed E-state index contributed by atoms with van der Waals surface area (Å²) in [5.41, 5.74) is 3.58. The molecule has 2 aromatic rings. The summed E-state index contributed by atoms with van der Waals surface area (Å²) in [6.07, 6.45) is 2.10. The van der Waals surface area contributed by atoms with Gasteiger partial charge >= 0.3 is 0 Å². The Morgan fingerprint density at radius 3 is 2.64 bits per heavy atom. The molecule has 4 heteroatoms. The van der Waals surface area contributed by atoms with E-state index in [1.165, 1.54) is 11.1 Å². The molecular weight excluding hydrogens is 292 g/mol. The van der Waals surface area contributed by atoms with Crippen molar-refractivity contribution in [1.29, 1.82) is 0 Å². The highest BCUT2D eigenvalue weighted by Crippen LogP contribution is 2.16. The summed E-state index contributed by atoms with van der Waals surface area (Å²) in [7, 11) is 1.65. The van der Waals surface area contributed by atoms with Crippen LogP contribution in [0.5, 0.6) is 5.75 Å². The fraction of sp³-hybridized carbons (Fsp3) is 0.278. The molecule has 0 bridgehead atoms. The number of hydrogen-bond donors (Lipinski definition) is 2. The second kappa shape index (κ2) is 8.39. The van der Waals surface area contributed by atoms with Crippen molar-refractivity contribution >= 4 is 23.0 Å². The Balaban J connectivity index is 1.70. The van der Waals surface area contributed by atoms with Gasteiger partial charge in [-0.25, -0.2) is 0 Å². The zero-order chi connectivity index (χ0) is 15.8. The van der Waals surface area contributed by atoms with Crippen LogP contribution in [-0.4, -0.2) is 18.8 Å². The van der Waals surface area contributed by atoms with Crippen LogP contribution in [0.15, 0.2) is 48.5 Å². The second-order valence-corrected chi connectivity index (χ2v) is 5.61. The van der Waals surface area contributed by atoms with E-state index in [9.17, 15) is 0 Å². The van der Waals surface area contributed by atoms with Crippen LogP contribution in [0.4, 0.5) is 5.69 Å². The number of hydrogen-bond acceptors (Lipinski definition) is 2. The Hall–Kier alpha value is -2.07. The van der Waals surface area contributed by atoms with E-state index in [0.717, 1.165) is 30.8 Å². The van der Waals surface area contributed by atoms with E-state index in [2.05, 4.69) is 41.8 Å². The molecule has 0 unspecified atom stereocenters. The third-order valence-electron chi connectivity index (χ3n) is 3.38. The average Bonchev–Trinajstić information content (AvgIpc) is 2.53. The molecule has 0 fully saturated rings. The van der Waals surface area contributed by atoms with Crippen LogP contribution in [0.2, 0.25) is 0 Å². The molecule has 0 aromatic heterocycles. The molecule has 0 spiro atoms. The molecule has 0 radical (unpaired) electrons. The summed E-state index contributed by atoms with van der Waals surface area (Å²) in [4.78, 5) is 0. The molecule has 116 valence electrons. The van der Waals surface area contributed by atoms with E-state index >= 15 is 0 Å². The number of aryl methyl sites for hydroxylation is 2. The van der Waals surface area contributed by atoms with Gasteiger partial charge in [0.1, 0.15) is 5.75 Å². The summed E-state index contributed by atoms with van der Waals surface area (Å²) in [5, 5.41) is 7.03. The van der Waals surface area contributed by atoms with Gasteiger partial charge in [-0.15, -0.1) is 0 Å². The highest BCUT2D eigenvalue weighted by molar-refractivity contribution is 7.80. The summed E-state index contributed by atoms with van der Waals surface area (Å²) < 4.78 is 5.19. The highest BCUT2D eigenvalue weighted by atomic mass is 32.1. The number of anilines is 1. The van der Waals surface area contributed by atoms with Crippen LogP contribution in [0, 0.1) is 6.92 Å². The lowest BCUT2D eigenvalue weighted by Gasteiger charge is -2.11. The zero-order valence-electron chi connectivity index (χ0n) is 13.1. The van der Waals surface area contributed by atoms with Crippen molar-refractivity contribution in [3.63, 3.8) is 0 Å². The number of thiocarbonyl (C=S) groups is 1. The van der Waals surface area contributed by atoms with Crippen molar-refractivity contribution in [3.8, 4) is 5.75 Å². The number of ether oxygens (including phenoxy) is 1. The Morgan fingerprint density at radius 1 is 1.14 bits per heavy atom. The van der Waals surface area contributed by atoms with Crippen LogP contribution in [0.1, 0.15) is 17.5 Å². The minimum absolute atomic E-state index is 0.636. The number of rotatable bonds is 6. The van der Waals surface area contributed by atoms with E-state index in [4.69, 9.17) is 17.0 Å².